The van der Waals surface area contributed by atoms with Crippen LogP contribution in [0.1, 0.15) is 17.7 Å². The molecule has 0 unspecified atom stereocenters. The molecule has 6 nitrogen and oxygen atoms in total. The topological polar surface area (TPSA) is 85.3 Å². The second-order valence-corrected chi connectivity index (χ2v) is 7.78. The van der Waals surface area contributed by atoms with Crippen molar-refractivity contribution in [2.75, 3.05) is 0 Å². The number of rotatable bonds is 7. The lowest BCUT2D eigenvalue weighted by atomic mass is 10.1. The molecule has 2 aromatic heterocycles. The first-order valence-corrected chi connectivity index (χ1v) is 10.6. The number of hydrogen-bond acceptors (Lipinski definition) is 6. The van der Waals surface area contributed by atoms with Gasteiger partial charge in [-0.15, -0.1) is 0 Å². The predicted octanol–water partition coefficient (Wildman–Crippen LogP) is 3.98. The second-order valence-electron chi connectivity index (χ2n) is 6.84. The summed E-state index contributed by atoms with van der Waals surface area (Å²) < 4.78 is 6.96. The van der Waals surface area contributed by atoms with Crippen molar-refractivity contribution in [3.05, 3.63) is 98.8 Å². The molecule has 152 valence electrons. The third-order valence-corrected chi connectivity index (χ3v) is 5.73. The Labute approximate surface area is 176 Å². The minimum Gasteiger partial charge on any atom is -0.502 e. The quantitative estimate of drug-likeness (QED) is 0.360. The van der Waals surface area contributed by atoms with Crippen molar-refractivity contribution in [3.8, 4) is 5.75 Å². The zero-order chi connectivity index (χ0) is 20.9. The highest BCUT2D eigenvalue weighted by Gasteiger charge is 2.13. The minimum atomic E-state index is -0.497. The fourth-order valence-electron chi connectivity index (χ4n) is 3.20. The van der Waals surface area contributed by atoms with E-state index < -0.39 is 11.2 Å². The fourth-order valence-corrected chi connectivity index (χ4v) is 4.11. The van der Waals surface area contributed by atoms with Gasteiger partial charge in [0.1, 0.15) is 12.0 Å². The number of aryl methyl sites for hydroxylation is 1. The molecule has 0 saturated heterocycles. The van der Waals surface area contributed by atoms with Crippen LogP contribution >= 0.6 is 11.8 Å². The standard InChI is InChI=1S/C23H20N2O4S/c26-20-13-17(29-14-21(20)27)15-30-23-24-19-11-5-4-10-18(19)22(28)25(23)12-6-9-16-7-2-1-3-8-16/h1-5,7-8,10-11,13-14,27H,6,9,12,15H2. The molecule has 0 saturated carbocycles. The average molecular weight is 420 g/mol. The third kappa shape index (κ3) is 4.46. The maximum atomic E-state index is 13.1. The zero-order valence-electron chi connectivity index (χ0n) is 16.2. The van der Waals surface area contributed by atoms with Crippen LogP contribution in [0, 0.1) is 0 Å². The summed E-state index contributed by atoms with van der Waals surface area (Å²) in [6.45, 7) is 0.535. The third-order valence-electron chi connectivity index (χ3n) is 4.73. The van der Waals surface area contributed by atoms with E-state index in [-0.39, 0.29) is 5.56 Å². The van der Waals surface area contributed by atoms with E-state index in [0.717, 1.165) is 19.1 Å². The Morgan fingerprint density at radius 3 is 2.60 bits per heavy atom. The van der Waals surface area contributed by atoms with Crippen LogP contribution in [-0.4, -0.2) is 14.7 Å². The molecular weight excluding hydrogens is 400 g/mol. The Balaban J connectivity index is 1.60. The Bertz CT molecular complexity index is 1280. The van der Waals surface area contributed by atoms with Crippen LogP contribution in [0.3, 0.4) is 0 Å². The lowest BCUT2D eigenvalue weighted by Crippen LogP contribution is -2.23. The molecule has 30 heavy (non-hydrogen) atoms. The van der Waals surface area contributed by atoms with Crippen molar-refractivity contribution in [2.24, 2.45) is 0 Å². The smallest absolute Gasteiger partial charge is 0.262 e. The van der Waals surface area contributed by atoms with Crippen molar-refractivity contribution >= 4 is 22.7 Å². The summed E-state index contributed by atoms with van der Waals surface area (Å²) in [4.78, 5) is 29.4. The number of aromatic nitrogens is 2. The van der Waals surface area contributed by atoms with E-state index in [0.29, 0.717) is 34.1 Å². The minimum absolute atomic E-state index is 0.0803. The van der Waals surface area contributed by atoms with Crippen molar-refractivity contribution in [1.82, 2.24) is 9.55 Å². The number of thioether (sulfide) groups is 1. The van der Waals surface area contributed by atoms with Crippen LogP contribution in [0.4, 0.5) is 0 Å². The lowest BCUT2D eigenvalue weighted by molar-refractivity contribution is 0.419. The van der Waals surface area contributed by atoms with Gasteiger partial charge in [0.05, 0.1) is 16.7 Å². The van der Waals surface area contributed by atoms with Gasteiger partial charge in [-0.3, -0.25) is 14.2 Å². The molecule has 2 aromatic carbocycles. The number of para-hydroxylation sites is 1. The molecule has 0 bridgehead atoms. The first kappa shape index (κ1) is 20.0. The first-order chi connectivity index (χ1) is 14.6. The molecule has 1 N–H and O–H groups in total. The van der Waals surface area contributed by atoms with E-state index in [1.54, 1.807) is 10.6 Å². The van der Waals surface area contributed by atoms with Gasteiger partial charge in [0, 0.05) is 12.6 Å². The van der Waals surface area contributed by atoms with Gasteiger partial charge in [-0.1, -0.05) is 54.2 Å². The molecule has 4 rings (SSSR count). The SMILES string of the molecule is O=c1cc(CSc2nc3ccccc3c(=O)n2CCCc2ccccc2)occ1O. The van der Waals surface area contributed by atoms with Crippen molar-refractivity contribution in [1.29, 1.82) is 0 Å². The van der Waals surface area contributed by atoms with Crippen LogP contribution in [0.2, 0.25) is 0 Å². The summed E-state index contributed by atoms with van der Waals surface area (Å²) in [6, 6.07) is 18.7. The summed E-state index contributed by atoms with van der Waals surface area (Å²) in [6.07, 6.45) is 2.68. The molecule has 0 fully saturated rings. The zero-order valence-corrected chi connectivity index (χ0v) is 17.0. The Morgan fingerprint density at radius 1 is 1.03 bits per heavy atom. The Morgan fingerprint density at radius 2 is 1.80 bits per heavy atom. The molecule has 0 aliphatic carbocycles. The highest BCUT2D eigenvalue weighted by Crippen LogP contribution is 2.22. The van der Waals surface area contributed by atoms with E-state index in [2.05, 4.69) is 17.1 Å². The molecule has 0 radical (unpaired) electrons. The monoisotopic (exact) mass is 420 g/mol. The maximum Gasteiger partial charge on any atom is 0.262 e. The van der Waals surface area contributed by atoms with Gasteiger partial charge in [-0.2, -0.15) is 0 Å². The molecule has 2 heterocycles. The summed E-state index contributed by atoms with van der Waals surface area (Å²) >= 11 is 1.33. The van der Waals surface area contributed by atoms with Crippen LogP contribution < -0.4 is 11.0 Å². The van der Waals surface area contributed by atoms with Gasteiger partial charge < -0.3 is 9.52 Å². The van der Waals surface area contributed by atoms with Crippen LogP contribution in [0.15, 0.2) is 86.1 Å². The number of aromatic hydroxyl groups is 1. The molecule has 7 heteroatoms. The van der Waals surface area contributed by atoms with Gasteiger partial charge in [0.25, 0.3) is 5.56 Å². The number of benzene rings is 2. The van der Waals surface area contributed by atoms with Crippen molar-refractivity contribution in [3.63, 3.8) is 0 Å². The number of fused-ring (bicyclic) bond motifs is 1. The molecule has 0 atom stereocenters. The van der Waals surface area contributed by atoms with Crippen molar-refractivity contribution in [2.45, 2.75) is 30.3 Å². The summed E-state index contributed by atoms with van der Waals surface area (Å²) in [5.41, 5.74) is 1.28. The summed E-state index contributed by atoms with van der Waals surface area (Å²) in [5.74, 6) is 0.297. The Kier molecular flexibility index (Phi) is 5.99. The van der Waals surface area contributed by atoms with Gasteiger partial charge in [-0.25, -0.2) is 4.98 Å². The second kappa shape index (κ2) is 9.00. The molecule has 0 aliphatic heterocycles. The molecule has 0 amide bonds. The van der Waals surface area contributed by atoms with Gasteiger partial charge in [0.15, 0.2) is 10.9 Å². The van der Waals surface area contributed by atoms with Gasteiger partial charge in [-0.05, 0) is 30.5 Å². The number of hydrogen-bond donors (Lipinski definition) is 1. The highest BCUT2D eigenvalue weighted by molar-refractivity contribution is 7.98. The van der Waals surface area contributed by atoms with E-state index in [1.165, 1.54) is 23.4 Å². The first-order valence-electron chi connectivity index (χ1n) is 9.59. The van der Waals surface area contributed by atoms with Crippen LogP contribution in [0.5, 0.6) is 5.75 Å². The number of nitrogens with zero attached hydrogens (tertiary/aromatic N) is 2. The average Bonchev–Trinajstić information content (AvgIpc) is 2.77. The fraction of sp³-hybridized carbons (Fsp3) is 0.174. The largest absolute Gasteiger partial charge is 0.502 e. The van der Waals surface area contributed by atoms with Gasteiger partial charge >= 0.3 is 0 Å². The predicted molar refractivity (Wildman–Crippen MR) is 117 cm³/mol. The molecule has 0 aliphatic rings. The molecule has 4 aromatic rings. The van der Waals surface area contributed by atoms with E-state index in [1.807, 2.05) is 36.4 Å². The molecule has 0 spiro atoms. The van der Waals surface area contributed by atoms with E-state index >= 15 is 0 Å². The lowest BCUT2D eigenvalue weighted by Gasteiger charge is -2.13. The van der Waals surface area contributed by atoms with E-state index in [4.69, 9.17) is 4.42 Å². The summed E-state index contributed by atoms with van der Waals surface area (Å²) in [7, 11) is 0. The van der Waals surface area contributed by atoms with Crippen molar-refractivity contribution < 1.29 is 9.52 Å². The normalized spacial score (nSPS) is 11.1. The van der Waals surface area contributed by atoms with Crippen LogP contribution in [-0.2, 0) is 18.7 Å². The summed E-state index contributed by atoms with van der Waals surface area (Å²) in [5, 5.41) is 10.5. The van der Waals surface area contributed by atoms with E-state index in [9.17, 15) is 14.7 Å². The highest BCUT2D eigenvalue weighted by atomic mass is 32.2. The molecular formula is C23H20N2O4S. The Hall–Kier alpha value is -3.32. The van der Waals surface area contributed by atoms with Gasteiger partial charge in [0.2, 0.25) is 5.43 Å². The maximum absolute atomic E-state index is 13.1. The van der Waals surface area contributed by atoms with Crippen LogP contribution in [0.25, 0.3) is 10.9 Å².